The van der Waals surface area contributed by atoms with E-state index in [0.717, 1.165) is 42.7 Å². The first-order valence-corrected chi connectivity index (χ1v) is 7.29. The van der Waals surface area contributed by atoms with Crippen LogP contribution in [0.25, 0.3) is 11.0 Å². The van der Waals surface area contributed by atoms with Gasteiger partial charge in [0, 0.05) is 18.5 Å². The number of para-hydroxylation sites is 1. The molecule has 1 fully saturated rings. The third kappa shape index (κ3) is 3.02. The highest BCUT2D eigenvalue weighted by atomic mass is 16.3. The molecule has 4 nitrogen and oxygen atoms in total. The Morgan fingerprint density at radius 2 is 2.00 bits per heavy atom. The summed E-state index contributed by atoms with van der Waals surface area (Å²) in [5, 5.41) is 4.28. The third-order valence-electron chi connectivity index (χ3n) is 3.76. The van der Waals surface area contributed by atoms with Gasteiger partial charge in [0.25, 0.3) is 0 Å². The molecule has 20 heavy (non-hydrogen) atoms. The van der Waals surface area contributed by atoms with E-state index >= 15 is 0 Å². The first-order valence-electron chi connectivity index (χ1n) is 7.29. The Bertz CT molecular complexity index is 552. The van der Waals surface area contributed by atoms with Crippen molar-refractivity contribution in [1.82, 2.24) is 10.2 Å². The molecule has 1 aromatic heterocycles. The summed E-state index contributed by atoms with van der Waals surface area (Å²) in [5.74, 6) is 1.07. The maximum atomic E-state index is 12.0. The minimum Gasteiger partial charge on any atom is -0.460 e. The third-order valence-corrected chi connectivity index (χ3v) is 3.76. The number of nitrogens with zero attached hydrogens (tertiary/aromatic N) is 1. The van der Waals surface area contributed by atoms with Gasteiger partial charge in [-0.15, -0.1) is 0 Å². The zero-order chi connectivity index (χ0) is 13.8. The van der Waals surface area contributed by atoms with E-state index in [9.17, 15) is 4.79 Å². The number of piperidine rings is 1. The Balaban J connectivity index is 1.50. The van der Waals surface area contributed by atoms with Crippen molar-refractivity contribution in [2.75, 3.05) is 19.6 Å². The highest BCUT2D eigenvalue weighted by Gasteiger charge is 2.15. The van der Waals surface area contributed by atoms with Crippen molar-refractivity contribution < 1.29 is 9.21 Å². The fourth-order valence-electron chi connectivity index (χ4n) is 2.67. The molecule has 0 saturated carbocycles. The van der Waals surface area contributed by atoms with Gasteiger partial charge in [0.1, 0.15) is 11.3 Å². The van der Waals surface area contributed by atoms with Crippen molar-refractivity contribution in [3.63, 3.8) is 0 Å². The highest BCUT2D eigenvalue weighted by Crippen LogP contribution is 2.18. The number of hydrogen-bond donors (Lipinski definition) is 1. The number of carbonyl (C=O) groups excluding carboxylic acids is 1. The monoisotopic (exact) mass is 272 g/mol. The van der Waals surface area contributed by atoms with Crippen LogP contribution in [-0.2, 0) is 11.3 Å². The van der Waals surface area contributed by atoms with E-state index in [0.29, 0.717) is 13.1 Å². The summed E-state index contributed by atoms with van der Waals surface area (Å²) in [6, 6.07) is 9.96. The van der Waals surface area contributed by atoms with Crippen LogP contribution in [0, 0.1) is 0 Å². The number of likely N-dealkylation sites (tertiary alicyclic amines) is 1. The molecule has 0 atom stereocenters. The van der Waals surface area contributed by atoms with Crippen LogP contribution in [0.4, 0.5) is 0 Å². The van der Waals surface area contributed by atoms with E-state index in [2.05, 4.69) is 5.32 Å². The van der Waals surface area contributed by atoms with Crippen molar-refractivity contribution in [1.29, 1.82) is 0 Å². The number of fused-ring (bicyclic) bond motifs is 1. The zero-order valence-corrected chi connectivity index (χ0v) is 11.6. The lowest BCUT2D eigenvalue weighted by Gasteiger charge is -2.26. The summed E-state index contributed by atoms with van der Waals surface area (Å²) in [7, 11) is 0. The van der Waals surface area contributed by atoms with Crippen LogP contribution in [0.5, 0.6) is 0 Å². The Labute approximate surface area is 118 Å². The molecule has 0 radical (unpaired) electrons. The molecule has 2 heterocycles. The molecule has 0 bridgehead atoms. The van der Waals surface area contributed by atoms with Gasteiger partial charge in [0.15, 0.2) is 0 Å². The van der Waals surface area contributed by atoms with Gasteiger partial charge in [-0.2, -0.15) is 0 Å². The van der Waals surface area contributed by atoms with E-state index in [1.165, 1.54) is 6.42 Å². The summed E-state index contributed by atoms with van der Waals surface area (Å²) in [6.07, 6.45) is 3.51. The van der Waals surface area contributed by atoms with Crippen LogP contribution < -0.4 is 5.32 Å². The quantitative estimate of drug-likeness (QED) is 0.930. The molecule has 3 rings (SSSR count). The maximum Gasteiger partial charge on any atom is 0.236 e. The van der Waals surface area contributed by atoms with Crippen molar-refractivity contribution in [3.8, 4) is 0 Å². The summed E-state index contributed by atoms with van der Waals surface area (Å²) < 4.78 is 5.71. The van der Waals surface area contributed by atoms with Crippen LogP contribution in [0.15, 0.2) is 34.7 Å². The van der Waals surface area contributed by atoms with E-state index < -0.39 is 0 Å². The van der Waals surface area contributed by atoms with Gasteiger partial charge in [-0.25, -0.2) is 0 Å². The van der Waals surface area contributed by atoms with Gasteiger partial charge >= 0.3 is 0 Å². The lowest BCUT2D eigenvalue weighted by Crippen LogP contribution is -2.40. The molecule has 0 aliphatic carbocycles. The van der Waals surface area contributed by atoms with Crippen LogP contribution in [0.3, 0.4) is 0 Å². The van der Waals surface area contributed by atoms with Crippen LogP contribution >= 0.6 is 0 Å². The molecule has 106 valence electrons. The Hall–Kier alpha value is -1.81. The second kappa shape index (κ2) is 6.09. The Morgan fingerprint density at radius 3 is 2.80 bits per heavy atom. The number of furan rings is 1. The predicted molar refractivity (Wildman–Crippen MR) is 78.4 cm³/mol. The maximum absolute atomic E-state index is 12.0. The lowest BCUT2D eigenvalue weighted by atomic mass is 10.1. The average molecular weight is 272 g/mol. The topological polar surface area (TPSA) is 45.5 Å². The normalized spacial score (nSPS) is 15.7. The SMILES string of the molecule is O=C(CNCc1cc2ccccc2o1)N1CCCCC1. The summed E-state index contributed by atoms with van der Waals surface area (Å²) in [5.41, 5.74) is 0.895. The largest absolute Gasteiger partial charge is 0.460 e. The highest BCUT2D eigenvalue weighted by molar-refractivity contribution is 5.79. The predicted octanol–water partition coefficient (Wildman–Crippen LogP) is 2.53. The molecule has 1 saturated heterocycles. The van der Waals surface area contributed by atoms with E-state index in [4.69, 9.17) is 4.42 Å². The molecular weight excluding hydrogens is 252 g/mol. The first kappa shape index (κ1) is 13.2. The minimum atomic E-state index is 0.195. The lowest BCUT2D eigenvalue weighted by molar-refractivity contribution is -0.131. The van der Waals surface area contributed by atoms with Gasteiger partial charge in [-0.1, -0.05) is 18.2 Å². The fourth-order valence-corrected chi connectivity index (χ4v) is 2.67. The second-order valence-corrected chi connectivity index (χ2v) is 5.30. The molecule has 0 spiro atoms. The standard InChI is InChI=1S/C16H20N2O2/c19-16(18-8-4-1-5-9-18)12-17-11-14-10-13-6-2-3-7-15(13)20-14/h2-3,6-7,10,17H,1,4-5,8-9,11-12H2. The van der Waals surface area contributed by atoms with Gasteiger partial charge in [-0.3, -0.25) is 4.79 Å². The first-order chi connectivity index (χ1) is 9.83. The van der Waals surface area contributed by atoms with Crippen molar-refractivity contribution >= 4 is 16.9 Å². The Kier molecular flexibility index (Phi) is 4.02. The summed E-state index contributed by atoms with van der Waals surface area (Å²) >= 11 is 0. The van der Waals surface area contributed by atoms with Gasteiger partial charge < -0.3 is 14.6 Å². The second-order valence-electron chi connectivity index (χ2n) is 5.30. The molecular formula is C16H20N2O2. The molecule has 1 N–H and O–H groups in total. The number of carbonyl (C=O) groups is 1. The average Bonchev–Trinajstić information content (AvgIpc) is 2.90. The molecule has 0 unspecified atom stereocenters. The number of nitrogens with one attached hydrogen (secondary N) is 1. The number of benzene rings is 1. The molecule has 1 aromatic carbocycles. The molecule has 4 heteroatoms. The number of rotatable bonds is 4. The van der Waals surface area contributed by atoms with E-state index in [1.807, 2.05) is 35.2 Å². The molecule has 1 aliphatic rings. The van der Waals surface area contributed by atoms with Crippen molar-refractivity contribution in [3.05, 3.63) is 36.1 Å². The molecule has 1 aliphatic heterocycles. The van der Waals surface area contributed by atoms with Crippen molar-refractivity contribution in [2.45, 2.75) is 25.8 Å². The van der Waals surface area contributed by atoms with Crippen LogP contribution in [-0.4, -0.2) is 30.4 Å². The van der Waals surface area contributed by atoms with Crippen molar-refractivity contribution in [2.24, 2.45) is 0 Å². The number of hydrogen-bond acceptors (Lipinski definition) is 3. The summed E-state index contributed by atoms with van der Waals surface area (Å²) in [6.45, 7) is 2.79. The van der Waals surface area contributed by atoms with Gasteiger partial charge in [0.2, 0.25) is 5.91 Å². The fraction of sp³-hybridized carbons (Fsp3) is 0.438. The minimum absolute atomic E-state index is 0.195. The number of amides is 1. The van der Waals surface area contributed by atoms with Gasteiger partial charge in [0.05, 0.1) is 13.1 Å². The van der Waals surface area contributed by atoms with Gasteiger partial charge in [-0.05, 0) is 31.4 Å². The zero-order valence-electron chi connectivity index (χ0n) is 11.6. The van der Waals surface area contributed by atoms with Crippen LogP contribution in [0.1, 0.15) is 25.0 Å². The van der Waals surface area contributed by atoms with E-state index in [1.54, 1.807) is 0 Å². The molecule has 1 amide bonds. The summed E-state index contributed by atoms with van der Waals surface area (Å²) in [4.78, 5) is 13.9. The smallest absolute Gasteiger partial charge is 0.236 e. The van der Waals surface area contributed by atoms with E-state index in [-0.39, 0.29) is 5.91 Å². The Morgan fingerprint density at radius 1 is 1.20 bits per heavy atom. The van der Waals surface area contributed by atoms with Crippen LogP contribution in [0.2, 0.25) is 0 Å². The molecule has 2 aromatic rings.